The highest BCUT2D eigenvalue weighted by Gasteiger charge is 2.34. The van der Waals surface area contributed by atoms with E-state index in [2.05, 4.69) is 15.9 Å². The smallest absolute Gasteiger partial charge is 0.293 e. The third-order valence-electron chi connectivity index (χ3n) is 3.45. The second-order valence-electron chi connectivity index (χ2n) is 5.16. The first-order valence-electron chi connectivity index (χ1n) is 7.43. The van der Waals surface area contributed by atoms with E-state index in [1.165, 1.54) is 12.1 Å². The van der Waals surface area contributed by atoms with Gasteiger partial charge in [0.25, 0.3) is 11.1 Å². The van der Waals surface area contributed by atoms with Gasteiger partial charge in [0.1, 0.15) is 18.2 Å². The minimum absolute atomic E-state index is 0.137. The summed E-state index contributed by atoms with van der Waals surface area (Å²) in [5.74, 6) is -0.227. The fourth-order valence-corrected chi connectivity index (χ4v) is 3.47. The summed E-state index contributed by atoms with van der Waals surface area (Å²) in [7, 11) is 0. The van der Waals surface area contributed by atoms with Crippen LogP contribution in [0, 0.1) is 5.82 Å². The lowest BCUT2D eigenvalue weighted by Crippen LogP contribution is -2.32. The third-order valence-corrected chi connectivity index (χ3v) is 4.85. The highest BCUT2D eigenvalue weighted by Crippen LogP contribution is 2.32. The van der Waals surface area contributed by atoms with E-state index in [1.807, 2.05) is 18.2 Å². The average molecular weight is 422 g/mol. The molecule has 1 aliphatic rings. The van der Waals surface area contributed by atoms with E-state index < -0.39 is 11.7 Å². The van der Waals surface area contributed by atoms with Crippen LogP contribution in [0.3, 0.4) is 0 Å². The Labute approximate surface area is 156 Å². The summed E-state index contributed by atoms with van der Waals surface area (Å²) in [5, 5.41) is -0.386. The first-order valence-corrected chi connectivity index (χ1v) is 9.04. The van der Waals surface area contributed by atoms with Crippen LogP contribution in [0.1, 0.15) is 5.56 Å². The number of halogens is 2. The van der Waals surface area contributed by atoms with E-state index in [0.717, 1.165) is 16.7 Å². The Hall–Kier alpha value is -2.12. The van der Waals surface area contributed by atoms with Gasteiger partial charge in [-0.15, -0.1) is 0 Å². The Kier molecular flexibility index (Phi) is 5.55. The molecule has 1 fully saturated rings. The summed E-state index contributed by atoms with van der Waals surface area (Å²) in [6, 6.07) is 13.6. The van der Waals surface area contributed by atoms with E-state index in [-0.39, 0.29) is 28.9 Å². The predicted octanol–water partition coefficient (Wildman–Crippen LogP) is 4.70. The van der Waals surface area contributed by atoms with Crippen LogP contribution in [0.2, 0.25) is 0 Å². The fraction of sp³-hybridized carbons (Fsp3) is 0.111. The van der Waals surface area contributed by atoms with Crippen LogP contribution in [-0.4, -0.2) is 29.2 Å². The molecule has 0 aromatic heterocycles. The number of carbonyl (C=O) groups excluding carboxylic acids is 2. The van der Waals surface area contributed by atoms with Gasteiger partial charge < -0.3 is 4.74 Å². The van der Waals surface area contributed by atoms with Crippen molar-refractivity contribution in [3.05, 3.63) is 69.3 Å². The normalized spacial score (nSPS) is 15.9. The Morgan fingerprint density at radius 2 is 1.92 bits per heavy atom. The van der Waals surface area contributed by atoms with Crippen molar-refractivity contribution in [3.63, 3.8) is 0 Å². The molecule has 0 bridgehead atoms. The minimum Gasteiger partial charge on any atom is -0.492 e. The molecule has 128 valence electrons. The summed E-state index contributed by atoms with van der Waals surface area (Å²) < 4.78 is 20.0. The lowest BCUT2D eigenvalue weighted by atomic mass is 10.2. The number of hydrogen-bond donors (Lipinski definition) is 0. The van der Waals surface area contributed by atoms with Gasteiger partial charge in [0.2, 0.25) is 0 Å². The van der Waals surface area contributed by atoms with Crippen molar-refractivity contribution in [1.29, 1.82) is 0 Å². The Morgan fingerprint density at radius 3 is 2.68 bits per heavy atom. The molecule has 1 saturated heterocycles. The van der Waals surface area contributed by atoms with Crippen LogP contribution >= 0.6 is 27.7 Å². The number of imide groups is 1. The lowest BCUT2D eigenvalue weighted by Gasteiger charge is -2.13. The fourth-order valence-electron chi connectivity index (χ4n) is 2.23. The summed E-state index contributed by atoms with van der Waals surface area (Å²) in [5.41, 5.74) is 0.250. The highest BCUT2D eigenvalue weighted by molar-refractivity contribution is 9.10. The molecule has 2 aromatic rings. The molecule has 0 N–H and O–H groups in total. The van der Waals surface area contributed by atoms with E-state index in [9.17, 15) is 14.0 Å². The van der Waals surface area contributed by atoms with Crippen molar-refractivity contribution in [2.75, 3.05) is 13.2 Å². The average Bonchev–Trinajstić information content (AvgIpc) is 2.86. The number of rotatable bonds is 5. The maximum atomic E-state index is 13.8. The van der Waals surface area contributed by atoms with Crippen molar-refractivity contribution in [1.82, 2.24) is 4.90 Å². The minimum atomic E-state index is -0.456. The number of thioether (sulfide) groups is 1. The molecule has 0 saturated carbocycles. The Bertz CT molecular complexity index is 841. The molecule has 3 rings (SSSR count). The molecule has 4 nitrogen and oxygen atoms in total. The quantitative estimate of drug-likeness (QED) is 0.656. The van der Waals surface area contributed by atoms with Gasteiger partial charge in [-0.1, -0.05) is 34.1 Å². The first-order chi connectivity index (χ1) is 12.0. The van der Waals surface area contributed by atoms with Crippen LogP contribution in [0.15, 0.2) is 57.9 Å². The van der Waals surface area contributed by atoms with Crippen molar-refractivity contribution < 1.29 is 18.7 Å². The van der Waals surface area contributed by atoms with Crippen LogP contribution in [-0.2, 0) is 4.79 Å². The molecule has 0 unspecified atom stereocenters. The second-order valence-corrected chi connectivity index (χ2v) is 7.07. The zero-order valence-electron chi connectivity index (χ0n) is 12.9. The zero-order chi connectivity index (χ0) is 17.8. The van der Waals surface area contributed by atoms with Gasteiger partial charge >= 0.3 is 0 Å². The summed E-state index contributed by atoms with van der Waals surface area (Å²) in [6.45, 7) is 0.332. The van der Waals surface area contributed by atoms with Gasteiger partial charge in [-0.3, -0.25) is 14.5 Å². The van der Waals surface area contributed by atoms with E-state index in [4.69, 9.17) is 4.74 Å². The number of amides is 2. The Balaban J connectivity index is 1.67. The van der Waals surface area contributed by atoms with Crippen LogP contribution < -0.4 is 4.74 Å². The number of hydrogen-bond acceptors (Lipinski definition) is 4. The van der Waals surface area contributed by atoms with Crippen LogP contribution in [0.4, 0.5) is 9.18 Å². The molecular formula is C18H13BrFNO3S. The number of nitrogens with zero attached hydrogens (tertiary/aromatic N) is 1. The first kappa shape index (κ1) is 17.7. The van der Waals surface area contributed by atoms with Gasteiger partial charge in [-0.05, 0) is 48.2 Å². The highest BCUT2D eigenvalue weighted by atomic mass is 79.9. The lowest BCUT2D eigenvalue weighted by molar-refractivity contribution is -0.123. The molecule has 2 aromatic carbocycles. The van der Waals surface area contributed by atoms with E-state index in [1.54, 1.807) is 24.3 Å². The number of para-hydroxylation sites is 1. The van der Waals surface area contributed by atoms with Gasteiger partial charge in [0.05, 0.1) is 11.4 Å². The molecular weight excluding hydrogens is 409 g/mol. The molecule has 0 atom stereocenters. The van der Waals surface area contributed by atoms with Gasteiger partial charge in [-0.2, -0.15) is 0 Å². The third kappa shape index (κ3) is 4.29. The summed E-state index contributed by atoms with van der Waals surface area (Å²) >= 11 is 4.06. The van der Waals surface area contributed by atoms with Crippen LogP contribution in [0.25, 0.3) is 6.08 Å². The van der Waals surface area contributed by atoms with Gasteiger partial charge in [-0.25, -0.2) is 4.39 Å². The molecule has 1 heterocycles. The predicted molar refractivity (Wildman–Crippen MR) is 98.7 cm³/mol. The van der Waals surface area contributed by atoms with E-state index >= 15 is 0 Å². The Morgan fingerprint density at radius 1 is 1.16 bits per heavy atom. The van der Waals surface area contributed by atoms with Crippen molar-refractivity contribution in [2.24, 2.45) is 0 Å². The van der Waals surface area contributed by atoms with Gasteiger partial charge in [0.15, 0.2) is 0 Å². The summed E-state index contributed by atoms with van der Waals surface area (Å²) in [4.78, 5) is 25.7. The maximum Gasteiger partial charge on any atom is 0.293 e. The van der Waals surface area contributed by atoms with Crippen LogP contribution in [0.5, 0.6) is 5.75 Å². The second kappa shape index (κ2) is 7.84. The zero-order valence-corrected chi connectivity index (χ0v) is 15.3. The standard InChI is InChI=1S/C18H13BrFNO3S/c19-13-6-7-15(20)12(10-13)11-16-17(22)21(18(23)25-16)8-9-24-14-4-2-1-3-5-14/h1-7,10-11H,8-9H2/b16-11-. The van der Waals surface area contributed by atoms with E-state index in [0.29, 0.717) is 10.2 Å². The SMILES string of the molecule is O=C1S/C(=C\c2cc(Br)ccc2F)C(=O)N1CCOc1ccccc1. The maximum absolute atomic E-state index is 13.8. The molecule has 25 heavy (non-hydrogen) atoms. The van der Waals surface area contributed by atoms with Crippen molar-refractivity contribution in [2.45, 2.75) is 0 Å². The molecule has 0 aliphatic carbocycles. The van der Waals surface area contributed by atoms with Crippen molar-refractivity contribution >= 4 is 44.9 Å². The molecule has 7 heteroatoms. The topological polar surface area (TPSA) is 46.6 Å². The number of carbonyl (C=O) groups is 2. The monoisotopic (exact) mass is 421 g/mol. The molecule has 2 amide bonds. The molecule has 1 aliphatic heterocycles. The molecule has 0 spiro atoms. The summed E-state index contributed by atoms with van der Waals surface area (Å²) in [6.07, 6.45) is 1.39. The number of benzene rings is 2. The van der Waals surface area contributed by atoms with Gasteiger partial charge in [0, 0.05) is 10.0 Å². The number of ether oxygens (including phenoxy) is 1. The molecule has 0 radical (unpaired) electrons. The van der Waals surface area contributed by atoms with Crippen molar-refractivity contribution in [3.8, 4) is 5.75 Å². The largest absolute Gasteiger partial charge is 0.492 e.